The largest absolute Gasteiger partial charge is 0.396 e. The molecule has 8 nitrogen and oxygen atoms in total. The SMILES string of the molecule is CCc1ccc(S(=O)(=O)NC(=O)Nc2ccc(-n3ccc4cc(N)c(F)cc4c3=O)cc2)s1. The van der Waals surface area contributed by atoms with Crippen molar-refractivity contribution in [2.24, 2.45) is 0 Å². The first-order chi connectivity index (χ1) is 15.7. The van der Waals surface area contributed by atoms with Gasteiger partial charge in [-0.1, -0.05) is 6.92 Å². The van der Waals surface area contributed by atoms with E-state index in [9.17, 15) is 22.4 Å². The van der Waals surface area contributed by atoms with Gasteiger partial charge < -0.3 is 11.1 Å². The number of thiophene rings is 1. The van der Waals surface area contributed by atoms with Crippen molar-refractivity contribution in [1.29, 1.82) is 0 Å². The minimum Gasteiger partial charge on any atom is -0.396 e. The number of hydrogen-bond donors (Lipinski definition) is 3. The second kappa shape index (κ2) is 8.68. The van der Waals surface area contributed by atoms with Gasteiger partial charge in [-0.25, -0.2) is 22.3 Å². The van der Waals surface area contributed by atoms with E-state index in [0.29, 0.717) is 23.2 Å². The van der Waals surface area contributed by atoms with Crippen molar-refractivity contribution in [2.45, 2.75) is 17.6 Å². The van der Waals surface area contributed by atoms with Crippen LogP contribution < -0.4 is 21.3 Å². The van der Waals surface area contributed by atoms with Crippen LogP contribution in [-0.2, 0) is 16.4 Å². The van der Waals surface area contributed by atoms with Crippen LogP contribution in [-0.4, -0.2) is 19.0 Å². The summed E-state index contributed by atoms with van der Waals surface area (Å²) in [7, 11) is -3.98. The zero-order valence-corrected chi connectivity index (χ0v) is 19.0. The Kier molecular flexibility index (Phi) is 5.91. The third-order valence-corrected chi connectivity index (χ3v) is 7.95. The summed E-state index contributed by atoms with van der Waals surface area (Å²) in [4.78, 5) is 25.9. The summed E-state index contributed by atoms with van der Waals surface area (Å²) < 4.78 is 41.9. The fraction of sp³-hybridized carbons (Fsp3) is 0.0909. The monoisotopic (exact) mass is 486 g/mol. The summed E-state index contributed by atoms with van der Waals surface area (Å²) in [5.74, 6) is -0.675. The summed E-state index contributed by atoms with van der Waals surface area (Å²) in [6, 6.07) is 12.6. The maximum Gasteiger partial charge on any atom is 0.333 e. The molecular formula is C22H19FN4O4S2. The van der Waals surface area contributed by atoms with Crippen LogP contribution in [0.4, 0.5) is 20.6 Å². The van der Waals surface area contributed by atoms with Gasteiger partial charge in [-0.05, 0) is 66.4 Å². The van der Waals surface area contributed by atoms with E-state index in [1.54, 1.807) is 24.3 Å². The highest BCUT2D eigenvalue weighted by Crippen LogP contribution is 2.22. The Hall–Kier alpha value is -3.70. The fourth-order valence-electron chi connectivity index (χ4n) is 3.21. The Morgan fingerprint density at radius 2 is 1.85 bits per heavy atom. The number of fused-ring (bicyclic) bond motifs is 1. The van der Waals surface area contributed by atoms with Crippen LogP contribution in [0.15, 0.2) is 69.8 Å². The third-order valence-electron chi connectivity index (χ3n) is 4.90. The second-order valence-corrected chi connectivity index (χ2v) is 10.2. The van der Waals surface area contributed by atoms with E-state index in [-0.39, 0.29) is 15.3 Å². The van der Waals surface area contributed by atoms with Crippen molar-refractivity contribution in [3.63, 3.8) is 0 Å². The molecule has 0 bridgehead atoms. The molecule has 0 unspecified atom stereocenters. The number of nitrogen functional groups attached to an aromatic ring is 1. The predicted molar refractivity (Wildman–Crippen MR) is 127 cm³/mol. The first kappa shape index (κ1) is 22.5. The van der Waals surface area contributed by atoms with Gasteiger partial charge in [-0.2, -0.15) is 0 Å². The van der Waals surface area contributed by atoms with Crippen molar-refractivity contribution in [3.05, 3.63) is 81.8 Å². The van der Waals surface area contributed by atoms with E-state index >= 15 is 0 Å². The standard InChI is InChI=1S/C22H19FN4O4S2/c1-2-16-7-8-20(32-16)33(30,31)26-22(29)25-14-3-5-15(6-4-14)27-10-9-13-11-19(24)18(23)12-17(13)21(27)28/h3-12H,2,24H2,1H3,(H2,25,26,29). The van der Waals surface area contributed by atoms with Gasteiger partial charge in [0.1, 0.15) is 10.0 Å². The first-order valence-corrected chi connectivity index (χ1v) is 12.1. The Morgan fingerprint density at radius 3 is 2.52 bits per heavy atom. The summed E-state index contributed by atoms with van der Waals surface area (Å²) in [5, 5.41) is 3.14. The summed E-state index contributed by atoms with van der Waals surface area (Å²) in [6.07, 6.45) is 2.23. The highest BCUT2D eigenvalue weighted by Gasteiger charge is 2.20. The Balaban J connectivity index is 1.52. The number of anilines is 2. The number of carbonyl (C=O) groups is 1. The van der Waals surface area contributed by atoms with E-state index in [1.165, 1.54) is 35.0 Å². The molecule has 0 saturated heterocycles. The normalized spacial score (nSPS) is 11.5. The molecule has 2 heterocycles. The van der Waals surface area contributed by atoms with E-state index in [1.807, 2.05) is 11.6 Å². The molecule has 2 aromatic heterocycles. The van der Waals surface area contributed by atoms with Crippen molar-refractivity contribution in [3.8, 4) is 5.69 Å². The minimum atomic E-state index is -3.98. The molecule has 170 valence electrons. The number of benzene rings is 2. The molecule has 2 amide bonds. The molecule has 11 heteroatoms. The lowest BCUT2D eigenvalue weighted by molar-refractivity contribution is 0.256. The van der Waals surface area contributed by atoms with E-state index in [0.717, 1.165) is 22.3 Å². The van der Waals surface area contributed by atoms with Gasteiger partial charge in [-0.3, -0.25) is 9.36 Å². The highest BCUT2D eigenvalue weighted by molar-refractivity contribution is 7.92. The van der Waals surface area contributed by atoms with E-state index in [4.69, 9.17) is 5.73 Å². The zero-order valence-electron chi connectivity index (χ0n) is 17.3. The Bertz CT molecular complexity index is 1530. The lowest BCUT2D eigenvalue weighted by Crippen LogP contribution is -2.33. The van der Waals surface area contributed by atoms with Gasteiger partial charge in [0, 0.05) is 22.4 Å². The molecule has 4 N–H and O–H groups in total. The topological polar surface area (TPSA) is 123 Å². The number of sulfonamides is 1. The molecule has 0 fully saturated rings. The Morgan fingerprint density at radius 1 is 1.12 bits per heavy atom. The number of aromatic nitrogens is 1. The number of carbonyl (C=O) groups excluding carboxylic acids is 1. The number of halogens is 1. The van der Waals surface area contributed by atoms with E-state index < -0.39 is 27.4 Å². The van der Waals surface area contributed by atoms with Crippen LogP contribution in [0.25, 0.3) is 16.5 Å². The van der Waals surface area contributed by atoms with Crippen molar-refractivity contribution in [1.82, 2.24) is 9.29 Å². The van der Waals surface area contributed by atoms with Crippen LogP contribution in [0.3, 0.4) is 0 Å². The second-order valence-electron chi connectivity index (χ2n) is 7.13. The maximum atomic E-state index is 13.8. The number of rotatable bonds is 5. The zero-order chi connectivity index (χ0) is 23.8. The molecule has 2 aromatic carbocycles. The molecular weight excluding hydrogens is 467 g/mol. The molecule has 0 spiro atoms. The van der Waals surface area contributed by atoms with Gasteiger partial charge in [0.25, 0.3) is 15.6 Å². The lowest BCUT2D eigenvalue weighted by atomic mass is 10.1. The summed E-state index contributed by atoms with van der Waals surface area (Å²) in [6.45, 7) is 1.91. The molecule has 0 aliphatic heterocycles. The Labute approximate surface area is 192 Å². The summed E-state index contributed by atoms with van der Waals surface area (Å²) >= 11 is 1.10. The van der Waals surface area contributed by atoms with Gasteiger partial charge in [0.2, 0.25) is 0 Å². The minimum absolute atomic E-state index is 0.0414. The lowest BCUT2D eigenvalue weighted by Gasteiger charge is -2.10. The van der Waals surface area contributed by atoms with Crippen LogP contribution >= 0.6 is 11.3 Å². The first-order valence-electron chi connectivity index (χ1n) is 9.81. The number of nitrogens with one attached hydrogen (secondary N) is 2. The highest BCUT2D eigenvalue weighted by atomic mass is 32.2. The molecule has 0 atom stereocenters. The number of nitrogens with zero attached hydrogens (tertiary/aromatic N) is 1. The predicted octanol–water partition coefficient (Wildman–Crippen LogP) is 3.85. The number of urea groups is 1. The molecule has 0 saturated carbocycles. The molecule has 0 radical (unpaired) electrons. The van der Waals surface area contributed by atoms with Crippen LogP contribution in [0.5, 0.6) is 0 Å². The fourth-order valence-corrected chi connectivity index (χ4v) is 5.42. The van der Waals surface area contributed by atoms with Gasteiger partial charge >= 0.3 is 6.03 Å². The third kappa shape index (κ3) is 4.59. The van der Waals surface area contributed by atoms with Crippen LogP contribution in [0.1, 0.15) is 11.8 Å². The van der Waals surface area contributed by atoms with Crippen LogP contribution in [0, 0.1) is 5.82 Å². The van der Waals surface area contributed by atoms with E-state index in [2.05, 4.69) is 5.32 Å². The van der Waals surface area contributed by atoms with Crippen LogP contribution in [0.2, 0.25) is 0 Å². The number of pyridine rings is 1. The van der Waals surface area contributed by atoms with Gasteiger partial charge in [-0.15, -0.1) is 11.3 Å². The smallest absolute Gasteiger partial charge is 0.333 e. The number of aryl methyl sites for hydroxylation is 1. The maximum absolute atomic E-state index is 13.8. The molecule has 33 heavy (non-hydrogen) atoms. The average Bonchev–Trinajstić information content (AvgIpc) is 3.26. The molecule has 0 aliphatic carbocycles. The number of hydrogen-bond acceptors (Lipinski definition) is 6. The molecule has 0 aliphatic rings. The molecule has 4 rings (SSSR count). The van der Waals surface area contributed by atoms with Gasteiger partial charge in [0.05, 0.1) is 11.1 Å². The van der Waals surface area contributed by atoms with Crippen molar-refractivity contribution in [2.75, 3.05) is 11.1 Å². The number of amides is 2. The average molecular weight is 487 g/mol. The number of nitrogens with two attached hydrogens (primary N) is 1. The van der Waals surface area contributed by atoms with Crippen molar-refractivity contribution >= 4 is 49.5 Å². The summed E-state index contributed by atoms with van der Waals surface area (Å²) in [5.41, 5.74) is 5.88. The van der Waals surface area contributed by atoms with Gasteiger partial charge in [0.15, 0.2) is 0 Å². The quantitative estimate of drug-likeness (QED) is 0.370. The molecule has 4 aromatic rings. The van der Waals surface area contributed by atoms with Crippen molar-refractivity contribution < 1.29 is 17.6 Å².